The minimum atomic E-state index is -0.456. The Morgan fingerprint density at radius 2 is 1.16 bits per heavy atom. The monoisotopic (exact) mass is 698 g/mol. The lowest BCUT2D eigenvalue weighted by Gasteiger charge is -2.13. The molecule has 0 unspecified atom stereocenters. The Bertz CT molecular complexity index is 1580. The highest BCUT2D eigenvalue weighted by Crippen LogP contribution is 2.35. The van der Waals surface area contributed by atoms with Crippen LogP contribution in [0.4, 0.5) is 0 Å². The minimum absolute atomic E-state index is 0.00290. The van der Waals surface area contributed by atoms with Crippen LogP contribution in [0.3, 0.4) is 0 Å². The number of carbonyl (C=O) groups excluding carboxylic acids is 1. The van der Waals surface area contributed by atoms with E-state index in [1.54, 1.807) is 52.7 Å². The summed E-state index contributed by atoms with van der Waals surface area (Å²) >= 11 is 24.1. The van der Waals surface area contributed by atoms with Crippen LogP contribution in [-0.2, 0) is 24.2 Å². The first kappa shape index (κ1) is 36.5. The van der Waals surface area contributed by atoms with Gasteiger partial charge in [0.2, 0.25) is 11.8 Å². The predicted molar refractivity (Wildman–Crippen MR) is 179 cm³/mol. The van der Waals surface area contributed by atoms with E-state index in [2.05, 4.69) is 10.2 Å². The molecule has 9 nitrogen and oxygen atoms in total. The van der Waals surface area contributed by atoms with E-state index in [1.807, 2.05) is 41.5 Å². The van der Waals surface area contributed by atoms with Crippen molar-refractivity contribution < 1.29 is 24.1 Å². The highest BCUT2D eigenvalue weighted by atomic mass is 35.5. The number of halogens is 4. The van der Waals surface area contributed by atoms with Crippen LogP contribution in [-0.4, -0.2) is 37.2 Å². The summed E-state index contributed by atoms with van der Waals surface area (Å²) < 4.78 is 20.5. The van der Waals surface area contributed by atoms with Crippen LogP contribution in [0.2, 0.25) is 20.1 Å². The second-order valence-corrected chi connectivity index (χ2v) is 12.2. The van der Waals surface area contributed by atoms with Gasteiger partial charge in [-0.25, -0.2) is 14.2 Å². The molecule has 0 aliphatic carbocycles. The Balaban J connectivity index is 0.000000248. The van der Waals surface area contributed by atoms with Gasteiger partial charge in [0.05, 0.1) is 31.0 Å². The van der Waals surface area contributed by atoms with Gasteiger partial charge in [-0.2, -0.15) is 10.2 Å². The van der Waals surface area contributed by atoms with Crippen LogP contribution in [0, 0.1) is 0 Å². The normalized spacial score (nSPS) is 11.1. The molecule has 0 amide bonds. The number of benzene rings is 2. The van der Waals surface area contributed by atoms with E-state index in [4.69, 9.17) is 60.6 Å². The molecule has 4 rings (SSSR count). The molecule has 0 fully saturated rings. The molecular formula is C32H38Cl4N4O5. The van der Waals surface area contributed by atoms with Crippen molar-refractivity contribution in [2.45, 2.75) is 80.0 Å². The lowest BCUT2D eigenvalue weighted by atomic mass is 10.2. The van der Waals surface area contributed by atoms with Gasteiger partial charge in [0.15, 0.2) is 5.69 Å². The summed E-state index contributed by atoms with van der Waals surface area (Å²) in [5.74, 6) is 1.69. The third kappa shape index (κ3) is 9.30. The van der Waals surface area contributed by atoms with Gasteiger partial charge in [-0.1, -0.05) is 60.3 Å². The fourth-order valence-electron chi connectivity index (χ4n) is 4.43. The van der Waals surface area contributed by atoms with E-state index in [9.17, 15) is 9.90 Å². The number of carbonyl (C=O) groups is 1. The molecule has 2 heterocycles. The number of esters is 1. The SMILES string of the molecule is CCOC(=O)c1nn(C(C)C)c(Oc2cc(Cl)cc(Cl)c2)c1CC.CCc1c(CO)nn(C(C)C)c1Oc1cc(Cl)cc(Cl)c1. The predicted octanol–water partition coefficient (Wildman–Crippen LogP) is 9.92. The third-order valence-corrected chi connectivity index (χ3v) is 7.28. The summed E-state index contributed by atoms with van der Waals surface area (Å²) in [4.78, 5) is 12.2. The average molecular weight is 700 g/mol. The molecule has 0 radical (unpaired) electrons. The lowest BCUT2D eigenvalue weighted by molar-refractivity contribution is 0.0517. The Morgan fingerprint density at radius 1 is 0.733 bits per heavy atom. The van der Waals surface area contributed by atoms with Crippen molar-refractivity contribution in [1.82, 2.24) is 19.6 Å². The van der Waals surface area contributed by atoms with Crippen molar-refractivity contribution in [3.63, 3.8) is 0 Å². The maximum atomic E-state index is 12.2. The zero-order valence-electron chi connectivity index (χ0n) is 26.3. The van der Waals surface area contributed by atoms with Gasteiger partial charge in [0, 0.05) is 31.2 Å². The molecule has 0 aliphatic rings. The van der Waals surface area contributed by atoms with Gasteiger partial charge in [-0.05, 0) is 83.9 Å². The van der Waals surface area contributed by atoms with E-state index in [0.29, 0.717) is 67.4 Å². The fourth-order valence-corrected chi connectivity index (χ4v) is 5.44. The Kier molecular flexibility index (Phi) is 13.4. The first-order chi connectivity index (χ1) is 21.3. The van der Waals surface area contributed by atoms with Crippen LogP contribution in [0.25, 0.3) is 0 Å². The maximum absolute atomic E-state index is 12.2. The molecule has 0 saturated carbocycles. The Morgan fingerprint density at radius 3 is 1.53 bits per heavy atom. The molecule has 244 valence electrons. The number of nitrogens with zero attached hydrogens (tertiary/aromatic N) is 4. The standard InChI is InChI=1S/C17H20Cl2N2O3.C15H18Cl2N2O2/c1-5-14-15(17(22)23-6-2)20-21(10(3)4)16(14)24-13-8-11(18)7-12(19)9-13;1-4-13-14(8-20)18-19(9(2)3)15(13)21-12-6-10(16)5-11(17)7-12/h7-10H,5-6H2,1-4H3;5-7,9,20H,4,8H2,1-3H3. The number of hydrogen-bond donors (Lipinski definition) is 1. The van der Waals surface area contributed by atoms with E-state index >= 15 is 0 Å². The second-order valence-electron chi connectivity index (χ2n) is 10.4. The molecule has 0 bridgehead atoms. The van der Waals surface area contributed by atoms with Crippen LogP contribution in [0.5, 0.6) is 23.3 Å². The molecule has 0 saturated heterocycles. The zero-order valence-corrected chi connectivity index (χ0v) is 29.4. The quantitative estimate of drug-likeness (QED) is 0.156. The number of rotatable bonds is 11. The molecule has 0 atom stereocenters. The largest absolute Gasteiger partial charge is 0.461 e. The molecule has 0 spiro atoms. The second kappa shape index (κ2) is 16.6. The Hall–Kier alpha value is -2.95. The molecular weight excluding hydrogens is 662 g/mol. The lowest BCUT2D eigenvalue weighted by Crippen LogP contribution is -2.09. The van der Waals surface area contributed by atoms with Crippen molar-refractivity contribution in [2.75, 3.05) is 6.61 Å². The van der Waals surface area contributed by atoms with Crippen molar-refractivity contribution in [3.8, 4) is 23.3 Å². The van der Waals surface area contributed by atoms with Gasteiger partial charge in [-0.15, -0.1) is 0 Å². The first-order valence-corrected chi connectivity index (χ1v) is 16.1. The van der Waals surface area contributed by atoms with Gasteiger partial charge in [0.1, 0.15) is 11.5 Å². The third-order valence-electron chi connectivity index (χ3n) is 6.41. The van der Waals surface area contributed by atoms with Gasteiger partial charge in [0.25, 0.3) is 0 Å². The average Bonchev–Trinajstić information content (AvgIpc) is 3.50. The number of hydrogen-bond acceptors (Lipinski definition) is 7. The highest BCUT2D eigenvalue weighted by Gasteiger charge is 2.26. The number of aliphatic hydroxyl groups is 1. The van der Waals surface area contributed by atoms with E-state index in [0.717, 1.165) is 5.56 Å². The smallest absolute Gasteiger partial charge is 0.359 e. The van der Waals surface area contributed by atoms with Crippen molar-refractivity contribution in [2.24, 2.45) is 0 Å². The Labute approximate surface area is 283 Å². The summed E-state index contributed by atoms with van der Waals surface area (Å²) in [6.07, 6.45) is 1.29. The fraction of sp³-hybridized carbons (Fsp3) is 0.406. The van der Waals surface area contributed by atoms with Crippen molar-refractivity contribution >= 4 is 52.4 Å². The van der Waals surface area contributed by atoms with Crippen molar-refractivity contribution in [3.05, 3.63) is 79.0 Å². The number of ether oxygens (including phenoxy) is 3. The molecule has 4 aromatic rings. The van der Waals surface area contributed by atoms with E-state index < -0.39 is 5.97 Å². The zero-order chi connectivity index (χ0) is 33.4. The van der Waals surface area contributed by atoms with Gasteiger partial charge in [-0.3, -0.25) is 0 Å². The number of aromatic nitrogens is 4. The van der Waals surface area contributed by atoms with Gasteiger partial charge < -0.3 is 19.3 Å². The summed E-state index contributed by atoms with van der Waals surface area (Å²) in [6, 6.07) is 10.1. The van der Waals surface area contributed by atoms with Gasteiger partial charge >= 0.3 is 5.97 Å². The van der Waals surface area contributed by atoms with Crippen molar-refractivity contribution in [1.29, 1.82) is 0 Å². The van der Waals surface area contributed by atoms with Crippen LogP contribution in [0.15, 0.2) is 36.4 Å². The maximum Gasteiger partial charge on any atom is 0.359 e. The molecule has 45 heavy (non-hydrogen) atoms. The highest BCUT2D eigenvalue weighted by molar-refractivity contribution is 6.35. The molecule has 2 aromatic carbocycles. The summed E-state index contributed by atoms with van der Waals surface area (Å²) in [6.45, 7) is 13.8. The topological polar surface area (TPSA) is 101 Å². The first-order valence-electron chi connectivity index (χ1n) is 14.6. The summed E-state index contributed by atoms with van der Waals surface area (Å²) in [7, 11) is 0. The molecule has 1 N–H and O–H groups in total. The van der Waals surface area contributed by atoms with E-state index in [1.165, 1.54) is 0 Å². The van der Waals surface area contributed by atoms with Crippen LogP contribution in [0.1, 0.15) is 87.9 Å². The summed E-state index contributed by atoms with van der Waals surface area (Å²) in [5, 5.41) is 20.2. The molecule has 2 aromatic heterocycles. The molecule has 0 aliphatic heterocycles. The molecule has 13 heteroatoms. The minimum Gasteiger partial charge on any atom is -0.461 e. The van der Waals surface area contributed by atoms with E-state index in [-0.39, 0.29) is 31.0 Å². The number of aliphatic hydroxyl groups excluding tert-OH is 1. The van der Waals surface area contributed by atoms with Crippen LogP contribution < -0.4 is 9.47 Å². The summed E-state index contributed by atoms with van der Waals surface area (Å²) in [5.41, 5.74) is 2.49. The van der Waals surface area contributed by atoms with Crippen LogP contribution >= 0.6 is 46.4 Å².